The summed E-state index contributed by atoms with van der Waals surface area (Å²) in [5.74, 6) is 0.448. The predicted octanol–water partition coefficient (Wildman–Crippen LogP) is 3.45. The average Bonchev–Trinajstić information content (AvgIpc) is 2.77. The van der Waals surface area contributed by atoms with E-state index in [1.165, 1.54) is 6.33 Å². The Bertz CT molecular complexity index is 855. The zero-order chi connectivity index (χ0) is 14.3. The molecule has 0 unspecified atom stereocenters. The number of H-pyrrole nitrogens is 1. The number of methoxy groups -OCH3 is 1. The number of imidazole rings is 1. The first-order valence-electron chi connectivity index (χ1n) is 5.88. The summed E-state index contributed by atoms with van der Waals surface area (Å²) < 4.78 is 7.48. The van der Waals surface area contributed by atoms with Gasteiger partial charge in [0.2, 0.25) is 5.88 Å². The number of aromatic nitrogens is 4. The number of rotatable bonds is 2. The molecule has 3 aromatic rings. The van der Waals surface area contributed by atoms with E-state index in [-0.39, 0.29) is 0 Å². The second-order valence-electron chi connectivity index (χ2n) is 4.30. The third-order valence-electron chi connectivity index (χ3n) is 2.98. The van der Waals surface area contributed by atoms with Gasteiger partial charge in [0, 0.05) is 0 Å². The van der Waals surface area contributed by atoms with E-state index < -0.39 is 0 Å². The average molecular weight is 307 g/mol. The summed E-state index contributed by atoms with van der Waals surface area (Å²) >= 11 is 11.6. The van der Waals surface area contributed by atoms with Crippen LogP contribution in [-0.2, 0) is 0 Å². The standard InChI is InChI=1S/C13H11ClN4OS/c1-7-3-4-8(14)9(5-7)18-11-10(17-13(18)20)12(19-2)16-6-15-11/h3-6H,1-2H3,(H,17,20). The van der Waals surface area contributed by atoms with Crippen LogP contribution in [0.25, 0.3) is 16.9 Å². The number of benzene rings is 1. The smallest absolute Gasteiger partial charge is 0.242 e. The number of hydrogen-bond acceptors (Lipinski definition) is 4. The first kappa shape index (κ1) is 13.1. The topological polar surface area (TPSA) is 55.7 Å². The molecule has 1 aromatic carbocycles. The molecule has 0 radical (unpaired) electrons. The predicted molar refractivity (Wildman–Crippen MR) is 80.3 cm³/mol. The molecule has 0 spiro atoms. The molecule has 7 heteroatoms. The van der Waals surface area contributed by atoms with Crippen LogP contribution in [0.1, 0.15) is 5.56 Å². The maximum absolute atomic E-state index is 6.28. The van der Waals surface area contributed by atoms with Gasteiger partial charge >= 0.3 is 0 Å². The van der Waals surface area contributed by atoms with Crippen molar-refractivity contribution in [3.05, 3.63) is 39.9 Å². The zero-order valence-electron chi connectivity index (χ0n) is 10.8. The number of ether oxygens (including phenoxy) is 1. The Morgan fingerprint density at radius 1 is 1.35 bits per heavy atom. The summed E-state index contributed by atoms with van der Waals surface area (Å²) in [4.78, 5) is 11.4. The van der Waals surface area contributed by atoms with E-state index in [4.69, 9.17) is 28.6 Å². The van der Waals surface area contributed by atoms with Crippen molar-refractivity contribution in [3.63, 3.8) is 0 Å². The normalized spacial score (nSPS) is 10.9. The van der Waals surface area contributed by atoms with Crippen LogP contribution in [-0.4, -0.2) is 26.6 Å². The molecule has 0 fully saturated rings. The van der Waals surface area contributed by atoms with Crippen LogP contribution in [0.3, 0.4) is 0 Å². The van der Waals surface area contributed by atoms with Gasteiger partial charge < -0.3 is 9.72 Å². The fraction of sp³-hybridized carbons (Fsp3) is 0.154. The maximum atomic E-state index is 6.28. The van der Waals surface area contributed by atoms with Gasteiger partial charge in [0.15, 0.2) is 10.4 Å². The van der Waals surface area contributed by atoms with Crippen molar-refractivity contribution in [3.8, 4) is 11.6 Å². The Morgan fingerprint density at radius 3 is 2.90 bits per heavy atom. The van der Waals surface area contributed by atoms with Crippen LogP contribution in [0.2, 0.25) is 5.02 Å². The summed E-state index contributed by atoms with van der Waals surface area (Å²) in [7, 11) is 1.55. The van der Waals surface area contributed by atoms with Gasteiger partial charge in [0.25, 0.3) is 0 Å². The van der Waals surface area contributed by atoms with Crippen molar-refractivity contribution >= 4 is 35.0 Å². The van der Waals surface area contributed by atoms with E-state index in [2.05, 4.69) is 15.0 Å². The third kappa shape index (κ3) is 1.97. The van der Waals surface area contributed by atoms with Gasteiger partial charge in [-0.1, -0.05) is 17.7 Å². The van der Waals surface area contributed by atoms with Gasteiger partial charge in [-0.05, 0) is 36.8 Å². The van der Waals surface area contributed by atoms with Crippen molar-refractivity contribution in [2.24, 2.45) is 0 Å². The molecule has 2 aromatic heterocycles. The lowest BCUT2D eigenvalue weighted by Gasteiger charge is -2.07. The number of aryl methyl sites for hydroxylation is 1. The SMILES string of the molecule is COc1ncnc2c1[nH]c(=S)n2-c1cc(C)ccc1Cl. The van der Waals surface area contributed by atoms with E-state index in [1.807, 2.05) is 25.1 Å². The number of nitrogens with one attached hydrogen (secondary N) is 1. The van der Waals surface area contributed by atoms with Crippen molar-refractivity contribution < 1.29 is 4.74 Å². The fourth-order valence-corrected chi connectivity index (χ4v) is 2.56. The first-order valence-corrected chi connectivity index (χ1v) is 6.66. The highest BCUT2D eigenvalue weighted by molar-refractivity contribution is 7.71. The Morgan fingerprint density at radius 2 is 2.15 bits per heavy atom. The lowest BCUT2D eigenvalue weighted by Crippen LogP contribution is -1.98. The molecule has 5 nitrogen and oxygen atoms in total. The molecule has 0 amide bonds. The molecule has 102 valence electrons. The highest BCUT2D eigenvalue weighted by atomic mass is 35.5. The first-order chi connectivity index (χ1) is 9.61. The highest BCUT2D eigenvalue weighted by Gasteiger charge is 2.14. The summed E-state index contributed by atoms with van der Waals surface area (Å²) in [5, 5.41) is 0.602. The molecule has 0 aliphatic heterocycles. The van der Waals surface area contributed by atoms with Gasteiger partial charge in [0.1, 0.15) is 11.8 Å². The molecular weight excluding hydrogens is 296 g/mol. The highest BCUT2D eigenvalue weighted by Crippen LogP contribution is 2.27. The zero-order valence-corrected chi connectivity index (χ0v) is 12.4. The van der Waals surface area contributed by atoms with Gasteiger partial charge in [0.05, 0.1) is 17.8 Å². The fourth-order valence-electron chi connectivity index (χ4n) is 2.07. The Hall–Kier alpha value is -1.92. The maximum Gasteiger partial charge on any atom is 0.242 e. The monoisotopic (exact) mass is 306 g/mol. The minimum absolute atomic E-state index is 0.448. The number of hydrogen-bond donors (Lipinski definition) is 1. The molecule has 3 rings (SSSR count). The summed E-state index contributed by atoms with van der Waals surface area (Å²) in [6, 6.07) is 5.74. The lowest BCUT2D eigenvalue weighted by atomic mass is 10.2. The molecule has 0 atom stereocenters. The molecule has 20 heavy (non-hydrogen) atoms. The van der Waals surface area contributed by atoms with Crippen molar-refractivity contribution in [2.45, 2.75) is 6.92 Å². The second-order valence-corrected chi connectivity index (χ2v) is 5.10. The number of nitrogens with zero attached hydrogens (tertiary/aromatic N) is 3. The molecule has 0 aliphatic rings. The second kappa shape index (κ2) is 4.88. The van der Waals surface area contributed by atoms with Crippen LogP contribution in [0.5, 0.6) is 5.88 Å². The van der Waals surface area contributed by atoms with E-state index in [9.17, 15) is 0 Å². The van der Waals surface area contributed by atoms with Gasteiger partial charge in [-0.2, -0.15) is 4.98 Å². The summed E-state index contributed by atoms with van der Waals surface area (Å²) in [5.41, 5.74) is 3.15. The molecule has 1 N–H and O–H groups in total. The molecule has 0 aliphatic carbocycles. The van der Waals surface area contributed by atoms with E-state index in [1.54, 1.807) is 11.7 Å². The van der Waals surface area contributed by atoms with Crippen molar-refractivity contribution in [2.75, 3.05) is 7.11 Å². The van der Waals surface area contributed by atoms with E-state index in [0.717, 1.165) is 11.3 Å². The van der Waals surface area contributed by atoms with Gasteiger partial charge in [-0.15, -0.1) is 0 Å². The third-order valence-corrected chi connectivity index (χ3v) is 3.58. The molecule has 0 saturated heterocycles. The number of aromatic amines is 1. The van der Waals surface area contributed by atoms with Gasteiger partial charge in [-0.3, -0.25) is 4.57 Å². The van der Waals surface area contributed by atoms with Crippen LogP contribution in [0.15, 0.2) is 24.5 Å². The summed E-state index contributed by atoms with van der Waals surface area (Å²) in [6.07, 6.45) is 1.43. The Labute approximate surface area is 125 Å². The van der Waals surface area contributed by atoms with Crippen LogP contribution >= 0.6 is 23.8 Å². The van der Waals surface area contributed by atoms with Crippen LogP contribution in [0.4, 0.5) is 0 Å². The summed E-state index contributed by atoms with van der Waals surface area (Å²) in [6.45, 7) is 1.99. The van der Waals surface area contributed by atoms with Crippen LogP contribution in [0, 0.1) is 11.7 Å². The lowest BCUT2D eigenvalue weighted by molar-refractivity contribution is 0.401. The van der Waals surface area contributed by atoms with E-state index >= 15 is 0 Å². The minimum Gasteiger partial charge on any atom is -0.479 e. The largest absolute Gasteiger partial charge is 0.479 e. The number of halogens is 1. The van der Waals surface area contributed by atoms with E-state index in [0.29, 0.717) is 26.8 Å². The van der Waals surface area contributed by atoms with Gasteiger partial charge in [-0.25, -0.2) is 4.98 Å². The Balaban J connectivity index is 2.40. The molecule has 2 heterocycles. The molecule has 0 bridgehead atoms. The molecular formula is C13H11ClN4OS. The minimum atomic E-state index is 0.448. The van der Waals surface area contributed by atoms with Crippen molar-refractivity contribution in [1.82, 2.24) is 19.5 Å². The molecule has 0 saturated carbocycles. The van der Waals surface area contributed by atoms with Crippen molar-refractivity contribution in [1.29, 1.82) is 0 Å². The Kier molecular flexibility index (Phi) is 3.19. The quantitative estimate of drug-likeness (QED) is 0.737. The van der Waals surface area contributed by atoms with Crippen LogP contribution < -0.4 is 4.74 Å². The number of fused-ring (bicyclic) bond motifs is 1.